The van der Waals surface area contributed by atoms with Crippen LogP contribution in [0.3, 0.4) is 0 Å². The summed E-state index contributed by atoms with van der Waals surface area (Å²) in [5.74, 6) is 1.50. The van der Waals surface area contributed by atoms with E-state index in [1.807, 2.05) is 0 Å². The topological polar surface area (TPSA) is 41.3 Å². The van der Waals surface area contributed by atoms with Crippen molar-refractivity contribution >= 4 is 16.8 Å². The number of piperazine rings is 1. The largest absolute Gasteiger partial charge is 0.438 e. The molecule has 0 unspecified atom stereocenters. The first-order chi connectivity index (χ1) is 9.92. The summed E-state index contributed by atoms with van der Waals surface area (Å²) in [7, 11) is 0. The summed E-state index contributed by atoms with van der Waals surface area (Å²) in [6, 6.07) is 6.33. The minimum absolute atomic E-state index is 0.540. The van der Waals surface area contributed by atoms with Crippen molar-refractivity contribution in [2.24, 2.45) is 0 Å². The molecule has 1 aliphatic heterocycles. The van der Waals surface area contributed by atoms with Crippen LogP contribution in [0.5, 0.6) is 0 Å². The molecule has 20 heavy (non-hydrogen) atoms. The Hall–Kier alpha value is -1.55. The molecule has 0 spiro atoms. The van der Waals surface area contributed by atoms with Gasteiger partial charge in [-0.05, 0) is 25.0 Å². The third kappa shape index (κ3) is 2.08. The second-order valence-corrected chi connectivity index (χ2v) is 5.90. The molecule has 1 saturated heterocycles. The monoisotopic (exact) mass is 271 g/mol. The summed E-state index contributed by atoms with van der Waals surface area (Å²) < 4.78 is 6.16. The van der Waals surface area contributed by atoms with Gasteiger partial charge in [-0.1, -0.05) is 18.9 Å². The van der Waals surface area contributed by atoms with Gasteiger partial charge in [0.1, 0.15) is 5.52 Å². The van der Waals surface area contributed by atoms with E-state index < -0.39 is 0 Å². The first-order valence-electron chi connectivity index (χ1n) is 7.77. The third-order valence-electron chi connectivity index (χ3n) is 4.57. The summed E-state index contributed by atoms with van der Waals surface area (Å²) >= 11 is 0. The lowest BCUT2D eigenvalue weighted by Crippen LogP contribution is -2.43. The van der Waals surface area contributed by atoms with Crippen LogP contribution in [0.1, 0.15) is 37.5 Å². The normalized spacial score (nSPS) is 20.9. The minimum Gasteiger partial charge on any atom is -0.438 e. The summed E-state index contributed by atoms with van der Waals surface area (Å²) in [4.78, 5) is 7.15. The molecule has 0 amide bonds. The van der Waals surface area contributed by atoms with Gasteiger partial charge in [0.05, 0.1) is 5.69 Å². The van der Waals surface area contributed by atoms with Crippen LogP contribution >= 0.6 is 0 Å². The SMILES string of the molecule is c1cc(N2CCNCC2)c2oc(C3CCCC3)nc2c1. The van der Waals surface area contributed by atoms with Crippen LogP contribution in [-0.4, -0.2) is 31.2 Å². The van der Waals surface area contributed by atoms with Gasteiger partial charge in [0.15, 0.2) is 11.5 Å². The predicted octanol–water partition coefficient (Wildman–Crippen LogP) is 2.90. The Labute approximate surface area is 119 Å². The van der Waals surface area contributed by atoms with Crippen LogP contribution in [0.2, 0.25) is 0 Å². The third-order valence-corrected chi connectivity index (χ3v) is 4.57. The molecule has 2 fully saturated rings. The Morgan fingerprint density at radius 1 is 1.15 bits per heavy atom. The highest BCUT2D eigenvalue weighted by Gasteiger charge is 2.24. The van der Waals surface area contributed by atoms with Crippen LogP contribution in [0.15, 0.2) is 22.6 Å². The van der Waals surface area contributed by atoms with E-state index in [4.69, 9.17) is 9.40 Å². The van der Waals surface area contributed by atoms with E-state index in [9.17, 15) is 0 Å². The van der Waals surface area contributed by atoms with E-state index in [0.717, 1.165) is 43.2 Å². The number of nitrogens with one attached hydrogen (secondary N) is 1. The van der Waals surface area contributed by atoms with Gasteiger partial charge in [0.25, 0.3) is 0 Å². The second kappa shape index (κ2) is 5.09. The zero-order valence-electron chi connectivity index (χ0n) is 11.8. The molecule has 2 aliphatic rings. The van der Waals surface area contributed by atoms with Gasteiger partial charge in [-0.25, -0.2) is 4.98 Å². The maximum absolute atomic E-state index is 6.16. The first-order valence-corrected chi connectivity index (χ1v) is 7.77. The van der Waals surface area contributed by atoms with Gasteiger partial charge < -0.3 is 14.6 Å². The average Bonchev–Trinajstić information content (AvgIpc) is 3.16. The maximum Gasteiger partial charge on any atom is 0.198 e. The van der Waals surface area contributed by atoms with Gasteiger partial charge in [-0.15, -0.1) is 0 Å². The highest BCUT2D eigenvalue weighted by atomic mass is 16.3. The highest BCUT2D eigenvalue weighted by molar-refractivity contribution is 5.87. The Bertz CT molecular complexity index is 595. The number of aromatic nitrogens is 1. The van der Waals surface area contributed by atoms with Crippen LogP contribution in [0, 0.1) is 0 Å². The Balaban J connectivity index is 1.73. The van der Waals surface area contributed by atoms with Crippen molar-refractivity contribution in [2.45, 2.75) is 31.6 Å². The molecule has 1 aromatic carbocycles. The van der Waals surface area contributed by atoms with E-state index in [1.165, 1.54) is 31.4 Å². The molecule has 1 aliphatic carbocycles. The van der Waals surface area contributed by atoms with Crippen molar-refractivity contribution in [1.82, 2.24) is 10.3 Å². The van der Waals surface area contributed by atoms with E-state index in [0.29, 0.717) is 5.92 Å². The molecular weight excluding hydrogens is 250 g/mol. The molecule has 4 rings (SSSR count). The molecule has 2 heterocycles. The van der Waals surface area contributed by atoms with Gasteiger partial charge in [-0.3, -0.25) is 0 Å². The van der Waals surface area contributed by atoms with Crippen molar-refractivity contribution in [3.05, 3.63) is 24.1 Å². The lowest BCUT2D eigenvalue weighted by Gasteiger charge is -2.29. The zero-order chi connectivity index (χ0) is 13.4. The van der Waals surface area contributed by atoms with Crippen molar-refractivity contribution in [3.63, 3.8) is 0 Å². The number of oxazole rings is 1. The molecule has 0 bridgehead atoms. The minimum atomic E-state index is 0.540. The van der Waals surface area contributed by atoms with Crippen molar-refractivity contribution < 1.29 is 4.42 Å². The number of benzene rings is 1. The van der Waals surface area contributed by atoms with E-state index in [2.05, 4.69) is 28.4 Å². The molecule has 2 aromatic rings. The number of fused-ring (bicyclic) bond motifs is 1. The van der Waals surface area contributed by atoms with Crippen molar-refractivity contribution in [2.75, 3.05) is 31.1 Å². The predicted molar refractivity (Wildman–Crippen MR) is 80.3 cm³/mol. The standard InChI is InChI=1S/C16H21N3O/c1-2-5-12(4-1)16-18-13-6-3-7-14(15(13)20-16)19-10-8-17-9-11-19/h3,6-7,12,17H,1-2,4-5,8-11H2. The molecule has 106 valence electrons. The first kappa shape index (κ1) is 12.2. The number of hydrogen-bond acceptors (Lipinski definition) is 4. The molecule has 4 nitrogen and oxygen atoms in total. The molecular formula is C16H21N3O. The molecule has 1 N–H and O–H groups in total. The number of nitrogens with zero attached hydrogens (tertiary/aromatic N) is 2. The number of hydrogen-bond donors (Lipinski definition) is 1. The van der Waals surface area contributed by atoms with E-state index in [1.54, 1.807) is 0 Å². The molecule has 0 radical (unpaired) electrons. The van der Waals surface area contributed by atoms with Crippen LogP contribution in [-0.2, 0) is 0 Å². The van der Waals surface area contributed by atoms with E-state index in [-0.39, 0.29) is 0 Å². The average molecular weight is 271 g/mol. The summed E-state index contributed by atoms with van der Waals surface area (Å²) in [5, 5.41) is 3.39. The lowest BCUT2D eigenvalue weighted by molar-refractivity contribution is 0.473. The molecule has 1 aromatic heterocycles. The van der Waals surface area contributed by atoms with Gasteiger partial charge in [-0.2, -0.15) is 0 Å². The van der Waals surface area contributed by atoms with Crippen LogP contribution < -0.4 is 10.2 Å². The van der Waals surface area contributed by atoms with Gasteiger partial charge >= 0.3 is 0 Å². The summed E-state index contributed by atoms with van der Waals surface area (Å²) in [5.41, 5.74) is 3.21. The van der Waals surface area contributed by atoms with E-state index >= 15 is 0 Å². The number of rotatable bonds is 2. The quantitative estimate of drug-likeness (QED) is 0.912. The fraction of sp³-hybridized carbons (Fsp3) is 0.562. The smallest absolute Gasteiger partial charge is 0.198 e. The van der Waals surface area contributed by atoms with Crippen LogP contribution in [0.4, 0.5) is 5.69 Å². The zero-order valence-corrected chi connectivity index (χ0v) is 11.8. The van der Waals surface area contributed by atoms with Crippen molar-refractivity contribution in [1.29, 1.82) is 0 Å². The number of anilines is 1. The van der Waals surface area contributed by atoms with Gasteiger partial charge in [0.2, 0.25) is 0 Å². The fourth-order valence-corrected chi connectivity index (χ4v) is 3.45. The number of para-hydroxylation sites is 1. The maximum atomic E-state index is 6.16. The lowest BCUT2D eigenvalue weighted by atomic mass is 10.1. The van der Waals surface area contributed by atoms with Gasteiger partial charge in [0, 0.05) is 32.1 Å². The van der Waals surface area contributed by atoms with Crippen LogP contribution in [0.25, 0.3) is 11.1 Å². The second-order valence-electron chi connectivity index (χ2n) is 5.90. The molecule has 4 heteroatoms. The Morgan fingerprint density at radius 3 is 2.75 bits per heavy atom. The Kier molecular flexibility index (Phi) is 3.11. The summed E-state index contributed by atoms with van der Waals surface area (Å²) in [6.07, 6.45) is 5.09. The Morgan fingerprint density at radius 2 is 1.95 bits per heavy atom. The molecule has 0 atom stereocenters. The fourth-order valence-electron chi connectivity index (χ4n) is 3.45. The van der Waals surface area contributed by atoms with Crippen molar-refractivity contribution in [3.8, 4) is 0 Å². The summed E-state index contributed by atoms with van der Waals surface area (Å²) in [6.45, 7) is 4.16. The molecule has 1 saturated carbocycles. The highest BCUT2D eigenvalue weighted by Crippen LogP contribution is 2.37.